The predicted molar refractivity (Wildman–Crippen MR) is 233 cm³/mol. The van der Waals surface area contributed by atoms with Crippen LogP contribution in [0.25, 0.3) is 10.6 Å². The normalized spacial score (nSPS) is 12.0. The second kappa shape index (κ2) is 26.5. The van der Waals surface area contributed by atoms with E-state index >= 15 is 0 Å². The first kappa shape index (κ1) is 47.8. The summed E-state index contributed by atoms with van der Waals surface area (Å²) < 4.78 is 0. The zero-order chi connectivity index (χ0) is 37.4. The Bertz CT molecular complexity index is 1480. The van der Waals surface area contributed by atoms with Crippen molar-refractivity contribution in [2.45, 2.75) is 76.8 Å². The molecule has 0 spiro atoms. The van der Waals surface area contributed by atoms with Crippen LogP contribution < -0.4 is 0 Å². The fourth-order valence-corrected chi connectivity index (χ4v) is 3.56. The molecule has 264 valence electrons. The van der Waals surface area contributed by atoms with E-state index in [1.54, 1.807) is 0 Å². The standard InChI is InChI=1S/2C17H17N2.2C4H11Si.2Al.O/c2*1-14(18-16-9-5-3-6-10-16)13-15(2)19-17-11-7-4-8-12-17;2*1-5(2,3)4;;;/h2*3-13H,1-2H3;2*1H2,2-4H3;;;/q2*-1;;;2*+2;-2/b14-13+,19-15?;14-13-,19-15?;;;;;. The van der Waals surface area contributed by atoms with Crippen LogP contribution in [0.5, 0.6) is 0 Å². The van der Waals surface area contributed by atoms with Crippen LogP contribution in [0.15, 0.2) is 155 Å². The second-order valence-corrected chi connectivity index (χ2v) is 27.7. The van der Waals surface area contributed by atoms with Crippen molar-refractivity contribution in [2.24, 2.45) is 9.98 Å². The van der Waals surface area contributed by atoms with E-state index in [1.165, 1.54) is 9.81 Å². The van der Waals surface area contributed by atoms with E-state index in [0.29, 0.717) is 0 Å². The number of nitrogens with zero attached hydrogens (tertiary/aromatic N) is 4. The topological polar surface area (TPSA) is 81.4 Å². The molecule has 0 heterocycles. The van der Waals surface area contributed by atoms with Crippen LogP contribution in [0, 0.1) is 0 Å². The Kier molecular flexibility index (Phi) is 24.8. The average Bonchev–Trinajstić information content (AvgIpc) is 3.06. The Morgan fingerprint density at radius 2 is 0.725 bits per heavy atom. The third kappa shape index (κ3) is 27.1. The van der Waals surface area contributed by atoms with Crippen LogP contribution in [0.3, 0.4) is 0 Å². The SMILES string of the molecule is CC(/C=C(/C)[N-]c1ccccc1)=Nc1ccccc1.CC(/C=C(\C)[N-]c1ccccc1)=Nc1ccccc1.C[Si](C)(C)[CH2][Al+2].C[Si](C)(C)[CH2][Al+2].[O-2]. The summed E-state index contributed by atoms with van der Waals surface area (Å²) in [5, 5.41) is 9.04. The van der Waals surface area contributed by atoms with Crippen molar-refractivity contribution < 1.29 is 5.48 Å². The molecule has 0 atom stereocenters. The predicted octanol–water partition coefficient (Wildman–Crippen LogP) is 13.6. The van der Waals surface area contributed by atoms with Crippen LogP contribution in [0.2, 0.25) is 49.1 Å². The number of hydrogen-bond donors (Lipinski definition) is 0. The maximum absolute atomic E-state index is 4.52. The number of aliphatic imine (C=N–C) groups is 2. The summed E-state index contributed by atoms with van der Waals surface area (Å²) in [5.41, 5.74) is 7.64. The number of rotatable bonds is 10. The maximum Gasteiger partial charge on any atom is -2.00 e. The molecule has 0 aromatic heterocycles. The van der Waals surface area contributed by atoms with E-state index in [-0.39, 0.29) is 5.48 Å². The molecule has 5 nitrogen and oxygen atoms in total. The van der Waals surface area contributed by atoms with Gasteiger partial charge in [-0.25, -0.2) is 0 Å². The minimum Gasteiger partial charge on any atom is -2.00 e. The summed E-state index contributed by atoms with van der Waals surface area (Å²) in [4.78, 5) is 11.7. The molecule has 0 aliphatic rings. The maximum atomic E-state index is 4.52. The molecule has 4 aromatic carbocycles. The molecular formula is C42H56Al2N4OSi2. The van der Waals surface area contributed by atoms with Crippen molar-refractivity contribution in [1.29, 1.82) is 0 Å². The van der Waals surface area contributed by atoms with Crippen LogP contribution in [0.4, 0.5) is 22.7 Å². The van der Waals surface area contributed by atoms with Gasteiger partial charge in [0.15, 0.2) is 0 Å². The van der Waals surface area contributed by atoms with Crippen molar-refractivity contribution in [3.8, 4) is 0 Å². The van der Waals surface area contributed by atoms with Gasteiger partial charge < -0.3 is 16.1 Å². The molecular weight excluding hydrogens is 687 g/mol. The second-order valence-electron chi connectivity index (χ2n) is 14.2. The first-order valence-electron chi connectivity index (χ1n) is 17.1. The van der Waals surface area contributed by atoms with Gasteiger partial charge in [-0.05, 0) is 38.1 Å². The van der Waals surface area contributed by atoms with Crippen molar-refractivity contribution in [2.75, 3.05) is 0 Å². The summed E-state index contributed by atoms with van der Waals surface area (Å²) >= 11 is 5.57. The van der Waals surface area contributed by atoms with E-state index in [0.717, 1.165) is 45.6 Å². The summed E-state index contributed by atoms with van der Waals surface area (Å²) in [6.45, 7) is 22.1. The van der Waals surface area contributed by atoms with Gasteiger partial charge in [0.1, 0.15) is 0 Å². The molecule has 4 aromatic rings. The van der Waals surface area contributed by atoms with Gasteiger partial charge in [-0.15, -0.1) is 11.4 Å². The Hall–Kier alpha value is -3.24. The van der Waals surface area contributed by atoms with Gasteiger partial charge in [0.25, 0.3) is 0 Å². The summed E-state index contributed by atoms with van der Waals surface area (Å²) in [5.74, 6) is 0. The van der Waals surface area contributed by atoms with Crippen molar-refractivity contribution >= 4 is 82.9 Å². The van der Waals surface area contributed by atoms with Crippen molar-refractivity contribution in [1.82, 2.24) is 0 Å². The molecule has 0 fully saturated rings. The van der Waals surface area contributed by atoms with E-state index in [2.05, 4.69) is 92.5 Å². The van der Waals surface area contributed by atoms with Crippen LogP contribution in [-0.2, 0) is 5.48 Å². The van der Waals surface area contributed by atoms with Gasteiger partial charge >= 0.3 is 97.8 Å². The van der Waals surface area contributed by atoms with Gasteiger partial charge in [-0.2, -0.15) is 11.4 Å². The third-order valence-corrected chi connectivity index (χ3v) is 16.1. The van der Waals surface area contributed by atoms with Crippen LogP contribution in [-0.4, -0.2) is 60.2 Å². The average molecular weight is 743 g/mol. The number of hydrogen-bond acceptors (Lipinski definition) is 2. The molecule has 0 aliphatic carbocycles. The third-order valence-electron chi connectivity index (χ3n) is 6.31. The largest absolute Gasteiger partial charge is 2.00 e. The molecule has 0 amide bonds. The number of allylic oxidation sites excluding steroid dienone is 4. The zero-order valence-electron chi connectivity index (χ0n) is 32.5. The summed E-state index contributed by atoms with van der Waals surface area (Å²) in [6, 6.07) is 39.7. The minimum atomic E-state index is -0.668. The molecule has 0 bridgehead atoms. The Balaban J connectivity index is 0.000000736. The zero-order valence-corrected chi connectivity index (χ0v) is 36.8. The summed E-state index contributed by atoms with van der Waals surface area (Å²) in [7, 11) is -1.34. The molecule has 4 rings (SSSR count). The molecule has 9 heteroatoms. The Labute approximate surface area is 328 Å². The van der Waals surface area contributed by atoms with Gasteiger partial charge in [-0.1, -0.05) is 123 Å². The minimum absolute atomic E-state index is 0. The first-order valence-corrected chi connectivity index (χ1v) is 26.2. The molecule has 0 aliphatic heterocycles. The van der Waals surface area contributed by atoms with Gasteiger partial charge in [0.05, 0.1) is 11.4 Å². The molecule has 0 N–H and O–H groups in total. The van der Waals surface area contributed by atoms with Gasteiger partial charge in [-0.3, -0.25) is 9.98 Å². The van der Waals surface area contributed by atoms with Crippen LogP contribution in [0.1, 0.15) is 27.7 Å². The molecule has 0 saturated heterocycles. The Morgan fingerprint density at radius 1 is 0.490 bits per heavy atom. The van der Waals surface area contributed by atoms with E-state index in [1.807, 2.05) is 161 Å². The molecule has 0 saturated carbocycles. The van der Waals surface area contributed by atoms with Gasteiger partial charge in [0.2, 0.25) is 0 Å². The molecule has 51 heavy (non-hydrogen) atoms. The monoisotopic (exact) mass is 742 g/mol. The first-order chi connectivity index (χ1) is 23.6. The fourth-order valence-electron chi connectivity index (χ4n) is 3.56. The Morgan fingerprint density at radius 3 is 0.961 bits per heavy atom. The molecule has 0 unspecified atom stereocenters. The smallest absolute Gasteiger partial charge is 2.00 e. The van der Waals surface area contributed by atoms with Crippen LogP contribution >= 0.6 is 0 Å². The van der Waals surface area contributed by atoms with Crippen molar-refractivity contribution in [3.63, 3.8) is 0 Å². The summed E-state index contributed by atoms with van der Waals surface area (Å²) in [6.07, 6.45) is 3.97. The number of para-hydroxylation sites is 4. The van der Waals surface area contributed by atoms with Gasteiger partial charge in [0, 0.05) is 11.4 Å². The van der Waals surface area contributed by atoms with E-state index in [4.69, 9.17) is 0 Å². The number of benzene rings is 4. The van der Waals surface area contributed by atoms with Crippen molar-refractivity contribution in [3.05, 3.63) is 156 Å². The van der Waals surface area contributed by atoms with E-state index in [9.17, 15) is 0 Å². The molecule has 0 radical (unpaired) electrons. The quantitative estimate of drug-likeness (QED) is 0.114. The van der Waals surface area contributed by atoms with E-state index < -0.39 is 16.1 Å². The fraction of sp³-hybridized carbons (Fsp3) is 0.286.